The maximum absolute atomic E-state index is 12.3. The van der Waals surface area contributed by atoms with Gasteiger partial charge in [0.2, 0.25) is 0 Å². The van der Waals surface area contributed by atoms with Crippen molar-refractivity contribution in [2.45, 2.75) is 20.0 Å². The number of carbonyl (C=O) groups excluding carboxylic acids is 1. The van der Waals surface area contributed by atoms with Gasteiger partial charge in [-0.05, 0) is 35.0 Å². The van der Waals surface area contributed by atoms with Crippen LogP contribution in [-0.2, 0) is 13.1 Å². The molecule has 0 spiro atoms. The Bertz CT molecular complexity index is 627. The summed E-state index contributed by atoms with van der Waals surface area (Å²) in [6.07, 6.45) is 1.91. The summed E-state index contributed by atoms with van der Waals surface area (Å²) < 4.78 is 2.73. The van der Waals surface area contributed by atoms with Crippen LogP contribution in [0.15, 0.2) is 34.9 Å². The van der Waals surface area contributed by atoms with Crippen LogP contribution in [0.5, 0.6) is 0 Å². The van der Waals surface area contributed by atoms with Gasteiger partial charge < -0.3 is 4.90 Å². The lowest BCUT2D eigenvalue weighted by molar-refractivity contribution is 0.0783. The molecular weight excluding hydrogens is 342 g/mol. The molecule has 2 rings (SSSR count). The molecule has 0 radical (unpaired) electrons. The molecule has 0 saturated carbocycles. The Hall–Kier alpha value is -1.33. The largest absolute Gasteiger partial charge is 0.336 e. The molecule has 4 nitrogen and oxygen atoms in total. The number of benzene rings is 1. The minimum Gasteiger partial charge on any atom is -0.336 e. The van der Waals surface area contributed by atoms with E-state index in [0.29, 0.717) is 17.1 Å². The third-order valence-electron chi connectivity index (χ3n) is 2.95. The first kappa shape index (κ1) is 15.1. The predicted octanol–water partition coefficient (Wildman–Crippen LogP) is 3.59. The molecule has 0 atom stereocenters. The van der Waals surface area contributed by atoms with E-state index in [0.717, 1.165) is 16.7 Å². The van der Waals surface area contributed by atoms with Gasteiger partial charge in [-0.3, -0.25) is 9.48 Å². The summed E-state index contributed by atoms with van der Waals surface area (Å²) in [6.45, 7) is 3.24. The fraction of sp³-hybridized carbons (Fsp3) is 0.286. The van der Waals surface area contributed by atoms with E-state index in [2.05, 4.69) is 21.0 Å². The number of halogens is 2. The second kappa shape index (κ2) is 6.41. The first-order valence-corrected chi connectivity index (χ1v) is 7.41. The highest BCUT2D eigenvalue weighted by molar-refractivity contribution is 9.10. The Balaban J connectivity index is 2.15. The third-order valence-corrected chi connectivity index (χ3v) is 3.94. The van der Waals surface area contributed by atoms with Crippen molar-refractivity contribution >= 4 is 33.4 Å². The van der Waals surface area contributed by atoms with Crippen LogP contribution in [0.25, 0.3) is 0 Å². The molecule has 106 valence electrons. The summed E-state index contributed by atoms with van der Waals surface area (Å²) in [6, 6.07) is 7.04. The number of amides is 1. The van der Waals surface area contributed by atoms with Gasteiger partial charge in [-0.25, -0.2) is 0 Å². The normalized spacial score (nSPS) is 10.6. The van der Waals surface area contributed by atoms with Crippen LogP contribution in [-0.4, -0.2) is 27.6 Å². The summed E-state index contributed by atoms with van der Waals surface area (Å²) in [5.74, 6) is -0.117. The number of aryl methyl sites for hydroxylation is 1. The number of hydrogen-bond acceptors (Lipinski definition) is 2. The number of carbonyl (C=O) groups is 1. The van der Waals surface area contributed by atoms with Crippen LogP contribution in [0.4, 0.5) is 0 Å². The Morgan fingerprint density at radius 2 is 2.15 bits per heavy atom. The lowest BCUT2D eigenvalue weighted by atomic mass is 10.2. The van der Waals surface area contributed by atoms with Crippen LogP contribution >= 0.6 is 27.5 Å². The predicted molar refractivity (Wildman–Crippen MR) is 82.9 cm³/mol. The maximum Gasteiger partial charge on any atom is 0.255 e. The fourth-order valence-corrected chi connectivity index (χ4v) is 2.50. The molecule has 0 N–H and O–H groups in total. The van der Waals surface area contributed by atoms with Gasteiger partial charge in [0.05, 0.1) is 27.3 Å². The van der Waals surface area contributed by atoms with E-state index in [1.54, 1.807) is 36.2 Å². The van der Waals surface area contributed by atoms with Crippen molar-refractivity contribution < 1.29 is 4.79 Å². The third kappa shape index (κ3) is 3.22. The molecule has 1 aromatic heterocycles. The van der Waals surface area contributed by atoms with E-state index in [-0.39, 0.29) is 5.91 Å². The molecule has 1 heterocycles. The topological polar surface area (TPSA) is 38.1 Å². The van der Waals surface area contributed by atoms with Gasteiger partial charge in [-0.1, -0.05) is 23.7 Å². The molecule has 2 aromatic rings. The van der Waals surface area contributed by atoms with Gasteiger partial charge in [-0.2, -0.15) is 5.10 Å². The zero-order chi connectivity index (χ0) is 14.7. The van der Waals surface area contributed by atoms with Crippen molar-refractivity contribution in [3.05, 3.63) is 51.2 Å². The first-order chi connectivity index (χ1) is 9.52. The molecule has 20 heavy (non-hydrogen) atoms. The fourth-order valence-electron chi connectivity index (χ4n) is 1.84. The Kier molecular flexibility index (Phi) is 4.83. The molecule has 0 aliphatic rings. The highest BCUT2D eigenvalue weighted by Gasteiger charge is 2.17. The first-order valence-electron chi connectivity index (χ1n) is 6.24. The molecule has 6 heteroatoms. The Morgan fingerprint density at radius 3 is 2.75 bits per heavy atom. The monoisotopic (exact) mass is 355 g/mol. The summed E-state index contributed by atoms with van der Waals surface area (Å²) in [5.41, 5.74) is 1.33. The van der Waals surface area contributed by atoms with Crippen LogP contribution in [0, 0.1) is 0 Å². The smallest absolute Gasteiger partial charge is 0.255 e. The van der Waals surface area contributed by atoms with Crippen molar-refractivity contribution in [2.24, 2.45) is 0 Å². The summed E-state index contributed by atoms with van der Waals surface area (Å²) >= 11 is 9.51. The standard InChI is InChI=1S/C14H15BrClN3O/c1-3-19-8-11(15)13(17-19)9-18(2)14(20)10-6-4-5-7-12(10)16/h4-8H,3,9H2,1-2H3. The maximum atomic E-state index is 12.3. The molecule has 1 amide bonds. The van der Waals surface area contributed by atoms with Gasteiger partial charge in [-0.15, -0.1) is 0 Å². The van der Waals surface area contributed by atoms with E-state index in [9.17, 15) is 4.79 Å². The van der Waals surface area contributed by atoms with Crippen molar-refractivity contribution in [3.8, 4) is 0 Å². The zero-order valence-electron chi connectivity index (χ0n) is 11.3. The van der Waals surface area contributed by atoms with E-state index in [1.165, 1.54) is 0 Å². The van der Waals surface area contributed by atoms with Crippen molar-refractivity contribution in [1.82, 2.24) is 14.7 Å². The summed E-state index contributed by atoms with van der Waals surface area (Å²) in [7, 11) is 1.74. The molecule has 0 aliphatic heterocycles. The van der Waals surface area contributed by atoms with Crippen LogP contribution in [0.2, 0.25) is 5.02 Å². The second-order valence-corrected chi connectivity index (χ2v) is 5.68. The van der Waals surface area contributed by atoms with Crippen molar-refractivity contribution in [1.29, 1.82) is 0 Å². The number of nitrogens with zero attached hydrogens (tertiary/aromatic N) is 3. The summed E-state index contributed by atoms with van der Waals surface area (Å²) in [4.78, 5) is 14.0. The van der Waals surface area contributed by atoms with Gasteiger partial charge >= 0.3 is 0 Å². The number of rotatable bonds is 4. The zero-order valence-corrected chi connectivity index (χ0v) is 13.6. The SMILES string of the molecule is CCn1cc(Br)c(CN(C)C(=O)c2ccccc2Cl)n1. The lowest BCUT2D eigenvalue weighted by Gasteiger charge is -2.16. The average Bonchev–Trinajstić information content (AvgIpc) is 2.79. The minimum atomic E-state index is -0.117. The average molecular weight is 357 g/mol. The highest BCUT2D eigenvalue weighted by Crippen LogP contribution is 2.20. The van der Waals surface area contributed by atoms with E-state index < -0.39 is 0 Å². The van der Waals surface area contributed by atoms with Gasteiger partial charge in [0.25, 0.3) is 5.91 Å². The molecule has 1 aromatic carbocycles. The highest BCUT2D eigenvalue weighted by atomic mass is 79.9. The lowest BCUT2D eigenvalue weighted by Crippen LogP contribution is -2.26. The minimum absolute atomic E-state index is 0.117. The Morgan fingerprint density at radius 1 is 1.45 bits per heavy atom. The van der Waals surface area contributed by atoms with Crippen LogP contribution < -0.4 is 0 Å². The molecule has 0 bridgehead atoms. The summed E-state index contributed by atoms with van der Waals surface area (Å²) in [5, 5.41) is 4.87. The van der Waals surface area contributed by atoms with Gasteiger partial charge in [0.15, 0.2) is 0 Å². The molecule has 0 unspecified atom stereocenters. The van der Waals surface area contributed by atoms with E-state index in [4.69, 9.17) is 11.6 Å². The number of aromatic nitrogens is 2. The van der Waals surface area contributed by atoms with Crippen LogP contribution in [0.3, 0.4) is 0 Å². The quantitative estimate of drug-likeness (QED) is 0.839. The Labute approximate surface area is 131 Å². The number of hydrogen-bond donors (Lipinski definition) is 0. The molecule has 0 saturated heterocycles. The van der Waals surface area contributed by atoms with Gasteiger partial charge in [0.1, 0.15) is 0 Å². The van der Waals surface area contributed by atoms with E-state index in [1.807, 2.05) is 17.8 Å². The van der Waals surface area contributed by atoms with E-state index >= 15 is 0 Å². The van der Waals surface area contributed by atoms with Crippen LogP contribution in [0.1, 0.15) is 23.0 Å². The second-order valence-electron chi connectivity index (χ2n) is 4.42. The van der Waals surface area contributed by atoms with Crippen molar-refractivity contribution in [2.75, 3.05) is 7.05 Å². The molecular formula is C14H15BrClN3O. The van der Waals surface area contributed by atoms with Gasteiger partial charge in [0, 0.05) is 19.8 Å². The van der Waals surface area contributed by atoms with Crippen molar-refractivity contribution in [3.63, 3.8) is 0 Å². The molecule has 0 aliphatic carbocycles. The molecule has 0 fully saturated rings.